The lowest BCUT2D eigenvalue weighted by molar-refractivity contribution is -0.620. The van der Waals surface area contributed by atoms with Crippen LogP contribution in [0.5, 0.6) is 5.88 Å². The van der Waals surface area contributed by atoms with Crippen molar-refractivity contribution in [3.8, 4) is 17.7 Å². The Morgan fingerprint density at radius 3 is 2.77 bits per heavy atom. The van der Waals surface area contributed by atoms with Crippen molar-refractivity contribution < 1.29 is 25.0 Å². The van der Waals surface area contributed by atoms with Gasteiger partial charge in [0.1, 0.15) is 13.2 Å². The maximum atomic E-state index is 7.47. The Labute approximate surface area is 175 Å². The van der Waals surface area contributed by atoms with Crippen LogP contribution in [0.15, 0.2) is 54.7 Å². The van der Waals surface area contributed by atoms with Crippen LogP contribution >= 0.6 is 0 Å². The van der Waals surface area contributed by atoms with Gasteiger partial charge in [0.2, 0.25) is 5.88 Å². The smallest absolute Gasteiger partial charge is 0.233 e. The molecule has 4 rings (SSSR count). The minimum atomic E-state index is 0.0804. The van der Waals surface area contributed by atoms with Gasteiger partial charge in [-0.25, -0.2) is 9.77 Å². The normalized spacial score (nSPS) is 13.0. The summed E-state index contributed by atoms with van der Waals surface area (Å²) in [5.41, 5.74) is 3.99. The van der Waals surface area contributed by atoms with Crippen LogP contribution in [0.3, 0.4) is 0 Å². The van der Waals surface area contributed by atoms with Gasteiger partial charge in [-0.15, -0.1) is 11.0 Å². The molecule has 0 saturated carbocycles. The van der Waals surface area contributed by atoms with E-state index in [-0.39, 0.29) is 6.61 Å². The summed E-state index contributed by atoms with van der Waals surface area (Å²) in [6.45, 7) is 5.46. The number of nitrogens with zero attached hydrogens (tertiary/aromatic N) is 3. The van der Waals surface area contributed by atoms with Crippen molar-refractivity contribution in [2.45, 2.75) is 19.9 Å². The molecule has 1 N–H and O–H groups in total. The first-order chi connectivity index (χ1) is 14.8. The van der Waals surface area contributed by atoms with E-state index in [4.69, 9.17) is 9.99 Å². The second-order valence-electron chi connectivity index (χ2n) is 6.53. The monoisotopic (exact) mass is 411 g/mol. The summed E-state index contributed by atoms with van der Waals surface area (Å²) in [6.07, 6.45) is 3.06. The van der Waals surface area contributed by atoms with Gasteiger partial charge in [-0.3, -0.25) is 4.90 Å². The molecule has 0 fully saturated rings. The highest BCUT2D eigenvalue weighted by Gasteiger charge is 2.15. The highest BCUT2D eigenvalue weighted by molar-refractivity contribution is 5.48. The zero-order chi connectivity index (χ0) is 21.0. The van der Waals surface area contributed by atoms with Crippen LogP contribution in [-0.2, 0) is 27.9 Å². The van der Waals surface area contributed by atoms with Crippen LogP contribution < -0.4 is 4.74 Å². The van der Waals surface area contributed by atoms with Crippen LogP contribution in [-0.4, -0.2) is 46.1 Å². The van der Waals surface area contributed by atoms with E-state index in [1.54, 1.807) is 6.92 Å². The highest BCUT2D eigenvalue weighted by Crippen LogP contribution is 2.18. The third-order valence-electron chi connectivity index (χ3n) is 4.60. The summed E-state index contributed by atoms with van der Waals surface area (Å²) in [5, 5.41) is 18.6. The molecule has 0 amide bonds. The summed E-state index contributed by atoms with van der Waals surface area (Å²) < 4.78 is 7.65. The molecule has 8 nitrogen and oxygen atoms in total. The summed E-state index contributed by atoms with van der Waals surface area (Å²) >= 11 is 0. The molecule has 2 aromatic heterocycles. The SMILES string of the molecule is CC#CCOOOO.c1ccc2c(c1)CCN(CCOc1cc3ccccn3n1)C2. The van der Waals surface area contributed by atoms with Crippen LogP contribution in [0, 0.1) is 11.8 Å². The molecule has 0 unspecified atom stereocenters. The molecule has 0 aliphatic carbocycles. The Kier molecular flexibility index (Phi) is 8.65. The van der Waals surface area contributed by atoms with Crippen molar-refractivity contribution in [3.05, 3.63) is 65.9 Å². The maximum Gasteiger partial charge on any atom is 0.233 e. The standard InChI is InChI=1S/C18H19N3O.C4H6O4/c1-2-6-16-14-20(10-8-15(16)5-1)11-12-22-18-13-17-7-3-4-9-21(17)19-18;1-2-3-4-6-8-7-5/h1-7,9,13H,8,10-12,14H2;5H,4H2,1H3. The first-order valence-electron chi connectivity index (χ1n) is 9.66. The molecule has 0 bridgehead atoms. The fourth-order valence-electron chi connectivity index (χ4n) is 3.16. The summed E-state index contributed by atoms with van der Waals surface area (Å²) in [5.74, 6) is 5.73. The van der Waals surface area contributed by atoms with Gasteiger partial charge in [-0.05, 0) is 46.7 Å². The third-order valence-corrected chi connectivity index (χ3v) is 4.60. The van der Waals surface area contributed by atoms with Crippen molar-refractivity contribution in [3.63, 3.8) is 0 Å². The quantitative estimate of drug-likeness (QED) is 0.277. The number of pyridine rings is 1. The Hall–Kier alpha value is -2.93. The molecule has 0 atom stereocenters. The summed E-state index contributed by atoms with van der Waals surface area (Å²) in [6, 6.07) is 16.7. The van der Waals surface area contributed by atoms with E-state index in [1.807, 2.05) is 35.0 Å². The average Bonchev–Trinajstić information content (AvgIpc) is 3.20. The Morgan fingerprint density at radius 1 is 1.13 bits per heavy atom. The number of hydrogen-bond acceptors (Lipinski definition) is 7. The summed E-state index contributed by atoms with van der Waals surface area (Å²) in [4.78, 5) is 6.52. The lowest BCUT2D eigenvalue weighted by Crippen LogP contribution is -2.33. The van der Waals surface area contributed by atoms with E-state index < -0.39 is 0 Å². The van der Waals surface area contributed by atoms with E-state index in [0.717, 1.165) is 31.6 Å². The average molecular weight is 411 g/mol. The molecule has 1 aliphatic heterocycles. The molecular weight excluding hydrogens is 386 g/mol. The molecule has 30 heavy (non-hydrogen) atoms. The predicted octanol–water partition coefficient (Wildman–Crippen LogP) is 3.13. The lowest BCUT2D eigenvalue weighted by Gasteiger charge is -2.28. The zero-order valence-electron chi connectivity index (χ0n) is 16.9. The number of rotatable bonds is 7. The van der Waals surface area contributed by atoms with Gasteiger partial charge in [0, 0.05) is 31.9 Å². The van der Waals surface area contributed by atoms with Gasteiger partial charge < -0.3 is 4.74 Å². The molecule has 3 heterocycles. The number of hydrogen-bond donors (Lipinski definition) is 1. The molecule has 8 heteroatoms. The minimum Gasteiger partial charge on any atom is -0.475 e. The Balaban J connectivity index is 0.000000275. The molecule has 0 radical (unpaired) electrons. The van der Waals surface area contributed by atoms with E-state index in [1.165, 1.54) is 11.1 Å². The van der Waals surface area contributed by atoms with Crippen molar-refractivity contribution in [1.29, 1.82) is 0 Å². The second kappa shape index (κ2) is 11.9. The van der Waals surface area contributed by atoms with Crippen LogP contribution in [0.2, 0.25) is 0 Å². The van der Waals surface area contributed by atoms with Gasteiger partial charge in [-0.2, -0.15) is 4.89 Å². The van der Waals surface area contributed by atoms with E-state index in [9.17, 15) is 0 Å². The first-order valence-corrected chi connectivity index (χ1v) is 9.66. The van der Waals surface area contributed by atoms with Crippen molar-refractivity contribution in [1.82, 2.24) is 14.5 Å². The lowest BCUT2D eigenvalue weighted by atomic mass is 10.0. The van der Waals surface area contributed by atoms with E-state index in [2.05, 4.69) is 61.1 Å². The van der Waals surface area contributed by atoms with Crippen molar-refractivity contribution in [2.24, 2.45) is 0 Å². The van der Waals surface area contributed by atoms with Gasteiger partial charge in [0.05, 0.1) is 5.52 Å². The van der Waals surface area contributed by atoms with Gasteiger partial charge >= 0.3 is 0 Å². The second-order valence-corrected chi connectivity index (χ2v) is 6.53. The molecule has 0 saturated heterocycles. The van der Waals surface area contributed by atoms with Crippen LogP contribution in [0.25, 0.3) is 5.52 Å². The minimum absolute atomic E-state index is 0.0804. The van der Waals surface area contributed by atoms with Crippen molar-refractivity contribution >= 4 is 5.52 Å². The fraction of sp³-hybridized carbons (Fsp3) is 0.318. The number of benzene rings is 1. The predicted molar refractivity (Wildman–Crippen MR) is 110 cm³/mol. The van der Waals surface area contributed by atoms with Gasteiger partial charge in [-0.1, -0.05) is 36.3 Å². The molecule has 1 aliphatic rings. The molecule has 158 valence electrons. The topological polar surface area (TPSA) is 77.7 Å². The van der Waals surface area contributed by atoms with E-state index in [0.29, 0.717) is 12.5 Å². The largest absolute Gasteiger partial charge is 0.475 e. The number of aromatic nitrogens is 2. The van der Waals surface area contributed by atoms with Crippen LogP contribution in [0.4, 0.5) is 0 Å². The number of ether oxygens (including phenoxy) is 1. The zero-order valence-corrected chi connectivity index (χ0v) is 16.9. The first kappa shape index (κ1) is 21.8. The van der Waals surface area contributed by atoms with Crippen LogP contribution in [0.1, 0.15) is 18.1 Å². The van der Waals surface area contributed by atoms with E-state index >= 15 is 0 Å². The molecule has 1 aromatic carbocycles. The van der Waals surface area contributed by atoms with Gasteiger partial charge in [0.15, 0.2) is 0 Å². The highest BCUT2D eigenvalue weighted by atomic mass is 17.6. The Bertz CT molecular complexity index is 946. The Morgan fingerprint density at radius 2 is 1.97 bits per heavy atom. The maximum absolute atomic E-state index is 7.47. The molecular formula is C22H25N3O5. The third kappa shape index (κ3) is 6.56. The molecule has 0 spiro atoms. The molecule has 3 aromatic rings. The van der Waals surface area contributed by atoms with Gasteiger partial charge in [0.25, 0.3) is 0 Å². The number of fused-ring (bicyclic) bond motifs is 2. The fourth-order valence-corrected chi connectivity index (χ4v) is 3.16. The van der Waals surface area contributed by atoms with Crippen molar-refractivity contribution in [2.75, 3.05) is 26.3 Å². The summed E-state index contributed by atoms with van der Waals surface area (Å²) in [7, 11) is 0.